The van der Waals surface area contributed by atoms with E-state index in [0.717, 1.165) is 0 Å². The van der Waals surface area contributed by atoms with E-state index in [-0.39, 0.29) is 28.2 Å². The van der Waals surface area contributed by atoms with Crippen LogP contribution in [0.2, 0.25) is 5.02 Å². The first-order valence-electron chi connectivity index (χ1n) is 4.97. The fraction of sp³-hybridized carbons (Fsp3) is 0.200. The van der Waals surface area contributed by atoms with Crippen LogP contribution in [0.4, 0.5) is 0 Å². The maximum Gasteiger partial charge on any atom is 0.245 e. The zero-order valence-electron chi connectivity index (χ0n) is 9.47. The molecule has 0 spiro atoms. The lowest BCUT2D eigenvalue weighted by Crippen LogP contribution is -2.21. The summed E-state index contributed by atoms with van der Waals surface area (Å²) in [7, 11) is -3.67. The Bertz CT molecular complexity index is 603. The monoisotopic (exact) mass is 324 g/mol. The van der Waals surface area contributed by atoms with Gasteiger partial charge in [0.15, 0.2) is 0 Å². The van der Waals surface area contributed by atoms with Crippen molar-refractivity contribution >= 4 is 45.0 Å². The summed E-state index contributed by atoms with van der Waals surface area (Å²) in [5.74, 6) is -0.660. The Morgan fingerprint density at radius 1 is 1.26 bits per heavy atom. The minimum absolute atomic E-state index is 0.0401. The highest BCUT2D eigenvalue weighted by atomic mass is 35.5. The third-order valence-electron chi connectivity index (χ3n) is 2.05. The van der Waals surface area contributed by atoms with Crippen molar-refractivity contribution in [3.8, 4) is 0 Å². The maximum atomic E-state index is 10.7. The van der Waals surface area contributed by atoms with Crippen LogP contribution in [0.3, 0.4) is 0 Å². The van der Waals surface area contributed by atoms with Gasteiger partial charge in [0.25, 0.3) is 0 Å². The number of carbonyl (C=O) groups is 2. The number of imide groups is 1. The lowest BCUT2D eigenvalue weighted by atomic mass is 10.4. The van der Waals surface area contributed by atoms with E-state index in [0.29, 0.717) is 0 Å². The van der Waals surface area contributed by atoms with Crippen LogP contribution in [0.1, 0.15) is 6.42 Å². The molecule has 1 aromatic rings. The van der Waals surface area contributed by atoms with Gasteiger partial charge in [0.1, 0.15) is 10.3 Å². The lowest BCUT2D eigenvalue weighted by molar-refractivity contribution is -0.124. The second-order valence-electron chi connectivity index (χ2n) is 3.56. The molecule has 1 saturated heterocycles. The number of benzene rings is 1. The van der Waals surface area contributed by atoms with Gasteiger partial charge in [-0.05, 0) is 12.1 Å². The molecule has 0 aliphatic carbocycles. The number of carbonyl (C=O) groups excluding carboxylic acids is 2. The van der Waals surface area contributed by atoms with Gasteiger partial charge in [0.2, 0.25) is 21.8 Å². The largest absolute Gasteiger partial charge is 0.295 e. The molecular weight excluding hydrogens is 315 g/mol. The summed E-state index contributed by atoms with van der Waals surface area (Å²) >= 11 is 10.9. The number of halogens is 2. The summed E-state index contributed by atoms with van der Waals surface area (Å²) in [5.41, 5.74) is 0. The first kappa shape index (κ1) is 15.9. The van der Waals surface area contributed by atoms with Gasteiger partial charge in [-0.15, -0.1) is 11.6 Å². The summed E-state index contributed by atoms with van der Waals surface area (Å²) in [6.45, 7) is 0. The van der Waals surface area contributed by atoms with Gasteiger partial charge in [-0.2, -0.15) is 0 Å². The molecule has 6 nitrogen and oxygen atoms in total. The number of amides is 2. The number of nitrogens with one attached hydrogen (secondary N) is 1. The summed E-state index contributed by atoms with van der Waals surface area (Å²) in [4.78, 5) is 20.5. The Morgan fingerprint density at radius 2 is 1.84 bits per heavy atom. The number of alkyl halides is 1. The van der Waals surface area contributed by atoms with E-state index in [4.69, 9.17) is 28.3 Å². The zero-order valence-corrected chi connectivity index (χ0v) is 11.8. The van der Waals surface area contributed by atoms with Crippen molar-refractivity contribution in [2.24, 2.45) is 5.14 Å². The fourth-order valence-corrected chi connectivity index (χ4v) is 2.46. The first-order valence-corrected chi connectivity index (χ1v) is 7.33. The van der Waals surface area contributed by atoms with Gasteiger partial charge in [-0.1, -0.05) is 23.7 Å². The number of sulfonamides is 1. The minimum atomic E-state index is -3.67. The SMILES string of the molecule is NS(=O)(=O)c1ccccc1Cl.O=C1CC(Cl)C(=O)N1. The predicted octanol–water partition coefficient (Wildman–Crippen LogP) is 0.628. The number of primary sulfonamides is 1. The van der Waals surface area contributed by atoms with Crippen molar-refractivity contribution in [3.63, 3.8) is 0 Å². The molecule has 1 aliphatic heterocycles. The molecule has 0 aromatic heterocycles. The average molecular weight is 325 g/mol. The van der Waals surface area contributed by atoms with E-state index < -0.39 is 15.4 Å². The summed E-state index contributed by atoms with van der Waals surface area (Å²) < 4.78 is 21.5. The summed E-state index contributed by atoms with van der Waals surface area (Å²) in [6, 6.07) is 6.03. The van der Waals surface area contributed by atoms with E-state index >= 15 is 0 Å². The standard InChI is InChI=1S/C6H6ClNO2S.C4H4ClNO2/c7-5-3-1-2-4-6(5)11(8,9)10;5-2-1-3(7)6-4(2)8/h1-4H,(H2,8,9,10);2H,1H2,(H,6,7,8). The van der Waals surface area contributed by atoms with Crippen LogP contribution in [0.25, 0.3) is 0 Å². The number of nitrogens with two attached hydrogens (primary N) is 1. The van der Waals surface area contributed by atoms with Crippen molar-refractivity contribution in [1.82, 2.24) is 5.32 Å². The maximum absolute atomic E-state index is 10.7. The number of hydrogen-bond acceptors (Lipinski definition) is 4. The smallest absolute Gasteiger partial charge is 0.245 e. The molecule has 1 atom stereocenters. The Labute approximate surface area is 119 Å². The third kappa shape index (κ3) is 4.79. The van der Waals surface area contributed by atoms with Gasteiger partial charge in [-0.25, -0.2) is 13.6 Å². The van der Waals surface area contributed by atoms with Crippen LogP contribution in [-0.4, -0.2) is 25.6 Å². The molecule has 0 radical (unpaired) electrons. The molecule has 0 bridgehead atoms. The zero-order chi connectivity index (χ0) is 14.6. The molecule has 1 aliphatic rings. The van der Waals surface area contributed by atoms with Crippen LogP contribution < -0.4 is 10.5 Å². The van der Waals surface area contributed by atoms with Gasteiger partial charge in [0.05, 0.1) is 11.4 Å². The molecule has 19 heavy (non-hydrogen) atoms. The molecule has 1 aromatic carbocycles. The van der Waals surface area contributed by atoms with E-state index in [1.165, 1.54) is 12.1 Å². The molecule has 2 amide bonds. The average Bonchev–Trinajstić information content (AvgIpc) is 2.56. The topological polar surface area (TPSA) is 106 Å². The number of rotatable bonds is 1. The second-order valence-corrected chi connectivity index (χ2v) is 6.02. The van der Waals surface area contributed by atoms with Crippen LogP contribution >= 0.6 is 23.2 Å². The Kier molecular flexibility index (Phi) is 5.30. The highest BCUT2D eigenvalue weighted by molar-refractivity contribution is 7.89. The molecule has 0 saturated carbocycles. The third-order valence-corrected chi connectivity index (χ3v) is 3.82. The molecule has 2 rings (SSSR count). The first-order chi connectivity index (χ1) is 8.71. The Morgan fingerprint density at radius 3 is 2.11 bits per heavy atom. The fourth-order valence-electron chi connectivity index (χ4n) is 1.20. The summed E-state index contributed by atoms with van der Waals surface area (Å²) in [6.07, 6.45) is 0.125. The van der Waals surface area contributed by atoms with Crippen LogP contribution in [0, 0.1) is 0 Å². The van der Waals surface area contributed by atoms with Gasteiger partial charge in [-0.3, -0.25) is 14.9 Å². The van der Waals surface area contributed by atoms with Gasteiger partial charge < -0.3 is 0 Å². The second kappa shape index (κ2) is 6.33. The van der Waals surface area contributed by atoms with Gasteiger partial charge in [0, 0.05) is 0 Å². The molecule has 1 fully saturated rings. The highest BCUT2D eigenvalue weighted by Gasteiger charge is 2.27. The van der Waals surface area contributed by atoms with Gasteiger partial charge >= 0.3 is 0 Å². The quantitative estimate of drug-likeness (QED) is 0.583. The minimum Gasteiger partial charge on any atom is -0.295 e. The van der Waals surface area contributed by atoms with E-state index in [1.54, 1.807) is 12.1 Å². The molecule has 3 N–H and O–H groups in total. The Hall–Kier alpha value is -1.15. The highest BCUT2D eigenvalue weighted by Crippen LogP contribution is 2.18. The van der Waals surface area contributed by atoms with Crippen LogP contribution in [0.15, 0.2) is 29.2 Å². The molecule has 1 unspecified atom stereocenters. The predicted molar refractivity (Wildman–Crippen MR) is 70.2 cm³/mol. The summed E-state index contributed by atoms with van der Waals surface area (Å²) in [5, 5.41) is 6.41. The molecule has 104 valence electrons. The van der Waals surface area contributed by atoms with E-state index in [2.05, 4.69) is 5.32 Å². The van der Waals surface area contributed by atoms with Crippen molar-refractivity contribution in [3.05, 3.63) is 29.3 Å². The van der Waals surface area contributed by atoms with Crippen molar-refractivity contribution < 1.29 is 18.0 Å². The molecular formula is C10H10Cl2N2O4S. The number of hydrogen-bond donors (Lipinski definition) is 2. The van der Waals surface area contributed by atoms with Crippen LogP contribution in [0.5, 0.6) is 0 Å². The van der Waals surface area contributed by atoms with E-state index in [9.17, 15) is 18.0 Å². The molecule has 1 heterocycles. The normalized spacial score (nSPS) is 18.6. The molecule has 9 heteroatoms. The van der Waals surface area contributed by atoms with Crippen LogP contribution in [-0.2, 0) is 19.6 Å². The van der Waals surface area contributed by atoms with Crippen molar-refractivity contribution in [2.75, 3.05) is 0 Å². The van der Waals surface area contributed by atoms with Crippen molar-refractivity contribution in [2.45, 2.75) is 16.7 Å². The lowest BCUT2D eigenvalue weighted by Gasteiger charge is -1.98. The van der Waals surface area contributed by atoms with Crippen molar-refractivity contribution in [1.29, 1.82) is 0 Å². The van der Waals surface area contributed by atoms with E-state index in [1.807, 2.05) is 0 Å². The Balaban J connectivity index is 0.000000200.